The minimum Gasteiger partial charge on any atom is -0.462 e. The van der Waals surface area contributed by atoms with E-state index in [4.69, 9.17) is 9.47 Å². The highest BCUT2D eigenvalue weighted by atomic mass is 16.5. The lowest BCUT2D eigenvalue weighted by molar-refractivity contribution is 0.0490. The Morgan fingerprint density at radius 3 is 1.23 bits per heavy atom. The van der Waals surface area contributed by atoms with E-state index in [0.717, 1.165) is 25.7 Å². The van der Waals surface area contributed by atoms with Crippen LogP contribution in [-0.2, 0) is 9.47 Å². The number of fused-ring (bicyclic) bond motifs is 2. The van der Waals surface area contributed by atoms with Gasteiger partial charge in [0.05, 0.1) is 46.8 Å². The zero-order valence-corrected chi connectivity index (χ0v) is 26.6. The van der Waals surface area contributed by atoms with E-state index < -0.39 is 35.3 Å². The highest BCUT2D eigenvalue weighted by Crippen LogP contribution is 2.37. The van der Waals surface area contributed by atoms with Crippen molar-refractivity contribution in [3.8, 4) is 0 Å². The molecule has 0 aliphatic heterocycles. The van der Waals surface area contributed by atoms with Gasteiger partial charge in [-0.1, -0.05) is 51.0 Å². The first kappa shape index (κ1) is 33.5. The summed E-state index contributed by atoms with van der Waals surface area (Å²) in [4.78, 5) is 78.7. The van der Waals surface area contributed by atoms with Crippen molar-refractivity contribution in [1.82, 2.24) is 0 Å². The highest BCUT2D eigenvalue weighted by molar-refractivity contribution is 6.33. The molecule has 0 saturated heterocycles. The van der Waals surface area contributed by atoms with Gasteiger partial charge in [0.1, 0.15) is 0 Å². The fourth-order valence-electron chi connectivity index (χ4n) is 5.12. The van der Waals surface area contributed by atoms with Gasteiger partial charge < -0.3 is 20.1 Å². The molecule has 5 rings (SSSR count). The number of rotatable bonds is 12. The SMILES string of the molecule is CCCCOC(=O)c1ccc(C(=O)Nc2ccc(NC(=O)c3ccc(C(=O)OCCCC)cc3)c3c2C(=O)c2ccccc2C3=O)cc1. The Labute approximate surface area is 277 Å². The van der Waals surface area contributed by atoms with Crippen LogP contribution in [0, 0.1) is 0 Å². The summed E-state index contributed by atoms with van der Waals surface area (Å²) in [6.45, 7) is 4.58. The lowest BCUT2D eigenvalue weighted by atomic mass is 9.82. The Balaban J connectivity index is 1.41. The Bertz CT molecular complexity index is 1760. The van der Waals surface area contributed by atoms with Crippen LogP contribution in [0.3, 0.4) is 0 Å². The smallest absolute Gasteiger partial charge is 0.338 e. The number of anilines is 2. The predicted molar refractivity (Wildman–Crippen MR) is 179 cm³/mol. The van der Waals surface area contributed by atoms with Crippen LogP contribution < -0.4 is 10.6 Å². The van der Waals surface area contributed by atoms with E-state index in [1.807, 2.05) is 13.8 Å². The van der Waals surface area contributed by atoms with Gasteiger partial charge in [0.25, 0.3) is 11.8 Å². The number of hydrogen-bond acceptors (Lipinski definition) is 8. The molecule has 4 aromatic rings. The average molecular weight is 647 g/mol. The lowest BCUT2D eigenvalue weighted by Gasteiger charge is -2.23. The predicted octanol–water partition coefficient (Wildman–Crippen LogP) is 6.88. The number of ether oxygens (including phenoxy) is 2. The van der Waals surface area contributed by atoms with Crippen molar-refractivity contribution in [2.45, 2.75) is 39.5 Å². The second kappa shape index (κ2) is 15.1. The maximum absolute atomic E-state index is 13.8. The van der Waals surface area contributed by atoms with Gasteiger partial charge in [-0.25, -0.2) is 9.59 Å². The molecular weight excluding hydrogens is 612 g/mol. The number of benzene rings is 4. The van der Waals surface area contributed by atoms with Crippen molar-refractivity contribution in [1.29, 1.82) is 0 Å². The molecule has 0 spiro atoms. The summed E-state index contributed by atoms with van der Waals surface area (Å²) >= 11 is 0. The van der Waals surface area contributed by atoms with Crippen molar-refractivity contribution < 1.29 is 38.2 Å². The van der Waals surface area contributed by atoms with Crippen LogP contribution >= 0.6 is 0 Å². The molecule has 0 bridgehead atoms. The van der Waals surface area contributed by atoms with E-state index in [0.29, 0.717) is 24.3 Å². The average Bonchev–Trinajstić information content (AvgIpc) is 3.11. The van der Waals surface area contributed by atoms with Crippen LogP contribution in [-0.4, -0.2) is 48.5 Å². The molecule has 0 unspecified atom stereocenters. The molecule has 0 fully saturated rings. The first-order valence-electron chi connectivity index (χ1n) is 15.8. The third-order valence-corrected chi connectivity index (χ3v) is 7.80. The lowest BCUT2D eigenvalue weighted by Crippen LogP contribution is -2.26. The van der Waals surface area contributed by atoms with Crippen molar-refractivity contribution in [3.63, 3.8) is 0 Å². The number of hydrogen-bond donors (Lipinski definition) is 2. The van der Waals surface area contributed by atoms with Crippen LogP contribution in [0.2, 0.25) is 0 Å². The van der Waals surface area contributed by atoms with E-state index in [9.17, 15) is 28.8 Å². The number of amides is 2. The largest absolute Gasteiger partial charge is 0.462 e. The molecule has 10 heteroatoms. The Kier molecular flexibility index (Phi) is 10.5. The molecule has 0 saturated carbocycles. The Morgan fingerprint density at radius 2 is 0.875 bits per heavy atom. The summed E-state index contributed by atoms with van der Waals surface area (Å²) in [5.74, 6) is -3.14. The van der Waals surface area contributed by atoms with E-state index in [1.54, 1.807) is 12.1 Å². The fraction of sp³-hybridized carbons (Fsp3) is 0.211. The molecule has 0 aromatic heterocycles. The highest BCUT2D eigenvalue weighted by Gasteiger charge is 2.34. The van der Waals surface area contributed by atoms with Crippen LogP contribution in [0.25, 0.3) is 0 Å². The molecule has 0 atom stereocenters. The summed E-state index contributed by atoms with van der Waals surface area (Å²) in [5, 5.41) is 5.44. The van der Waals surface area contributed by atoms with E-state index in [2.05, 4.69) is 10.6 Å². The Morgan fingerprint density at radius 1 is 0.521 bits per heavy atom. The quantitative estimate of drug-likeness (QED) is 0.110. The monoisotopic (exact) mass is 646 g/mol. The van der Waals surface area contributed by atoms with Gasteiger partial charge in [-0.15, -0.1) is 0 Å². The van der Waals surface area contributed by atoms with Gasteiger partial charge in [0.15, 0.2) is 11.6 Å². The van der Waals surface area contributed by atoms with Crippen LogP contribution in [0.5, 0.6) is 0 Å². The molecule has 10 nitrogen and oxygen atoms in total. The molecule has 1 aliphatic carbocycles. The van der Waals surface area contributed by atoms with Crippen LogP contribution in [0.1, 0.15) is 113 Å². The number of carbonyl (C=O) groups excluding carboxylic acids is 6. The van der Waals surface area contributed by atoms with Gasteiger partial charge >= 0.3 is 11.9 Å². The molecule has 0 heterocycles. The van der Waals surface area contributed by atoms with Gasteiger partial charge in [-0.05, 0) is 73.5 Å². The minimum absolute atomic E-state index is 0.0638. The van der Waals surface area contributed by atoms with Gasteiger partial charge in [-0.2, -0.15) is 0 Å². The molecule has 1 aliphatic rings. The minimum atomic E-state index is -0.577. The van der Waals surface area contributed by atoms with Gasteiger partial charge in [0, 0.05) is 22.3 Å². The van der Waals surface area contributed by atoms with Gasteiger partial charge in [-0.3, -0.25) is 19.2 Å². The standard InChI is InChI=1S/C38H34N2O8/c1-3-5-21-47-37(45)25-15-11-23(12-16-25)35(43)39-29-19-20-30(32-31(29)33(41)27-9-7-8-10-28(27)34(32)42)40-36(44)24-13-17-26(18-14-24)38(46)48-22-6-4-2/h7-20H,3-6,21-22H2,1-2H3,(H,39,43)(H,40,44). The molecule has 2 N–H and O–H groups in total. The number of carbonyl (C=O) groups is 6. The second-order valence-electron chi connectivity index (χ2n) is 11.2. The molecule has 0 radical (unpaired) electrons. The molecule has 244 valence electrons. The van der Waals surface area contributed by atoms with E-state index >= 15 is 0 Å². The number of nitrogens with one attached hydrogen (secondary N) is 2. The first-order valence-corrected chi connectivity index (χ1v) is 15.8. The molecule has 48 heavy (non-hydrogen) atoms. The van der Waals surface area contributed by atoms with E-state index in [1.165, 1.54) is 72.8 Å². The normalized spacial score (nSPS) is 11.6. The molecule has 2 amide bonds. The summed E-state index contributed by atoms with van der Waals surface area (Å²) in [6, 6.07) is 21.0. The Hall–Kier alpha value is -5.90. The third kappa shape index (κ3) is 7.23. The molecule has 4 aromatic carbocycles. The zero-order chi connectivity index (χ0) is 34.2. The number of esters is 2. The van der Waals surface area contributed by atoms with Crippen molar-refractivity contribution >= 4 is 46.7 Å². The summed E-state index contributed by atoms with van der Waals surface area (Å²) < 4.78 is 10.4. The number of unbranched alkanes of at least 4 members (excludes halogenated alkanes) is 2. The zero-order valence-electron chi connectivity index (χ0n) is 26.6. The van der Waals surface area contributed by atoms with Crippen LogP contribution in [0.4, 0.5) is 11.4 Å². The number of ketones is 2. The van der Waals surface area contributed by atoms with Crippen molar-refractivity contribution in [3.05, 3.63) is 129 Å². The topological polar surface area (TPSA) is 145 Å². The summed E-state index contributed by atoms with van der Waals surface area (Å²) in [5.41, 5.74) is 1.36. The molecular formula is C38H34N2O8. The summed E-state index contributed by atoms with van der Waals surface area (Å²) in [6.07, 6.45) is 3.26. The maximum Gasteiger partial charge on any atom is 0.338 e. The summed E-state index contributed by atoms with van der Waals surface area (Å²) in [7, 11) is 0. The van der Waals surface area contributed by atoms with Crippen molar-refractivity contribution in [2.75, 3.05) is 23.8 Å². The second-order valence-corrected chi connectivity index (χ2v) is 11.2. The third-order valence-electron chi connectivity index (χ3n) is 7.80. The van der Waals surface area contributed by atoms with Crippen LogP contribution in [0.15, 0.2) is 84.9 Å². The fourth-order valence-corrected chi connectivity index (χ4v) is 5.12. The van der Waals surface area contributed by atoms with Gasteiger partial charge in [0.2, 0.25) is 0 Å². The maximum atomic E-state index is 13.8. The van der Waals surface area contributed by atoms with E-state index in [-0.39, 0.29) is 44.8 Å². The van der Waals surface area contributed by atoms with Crippen molar-refractivity contribution in [2.24, 2.45) is 0 Å². The first-order chi connectivity index (χ1) is 23.2.